The molecule has 8 heteroatoms. The zero-order valence-electron chi connectivity index (χ0n) is 23.5. The number of Topliss-reactive ketones (excluding diaryl/α,β-unsaturated/α-hetero) is 1. The van der Waals surface area contributed by atoms with E-state index < -0.39 is 42.4 Å². The third kappa shape index (κ3) is 7.46. The first-order valence-electron chi connectivity index (χ1n) is 13.4. The highest BCUT2D eigenvalue weighted by Gasteiger charge is 2.43. The fraction of sp³-hybridized carbons (Fsp3) is 0.821. The number of hydrogen-bond acceptors (Lipinski definition) is 8. The Morgan fingerprint density at radius 3 is 2.28 bits per heavy atom. The van der Waals surface area contributed by atoms with E-state index in [2.05, 4.69) is 0 Å². The number of carbonyl (C=O) groups is 3. The number of allylic oxidation sites excluding steroid dienone is 1. The molecule has 0 aromatic heterocycles. The average molecular weight is 510 g/mol. The number of carbonyl (C=O) groups excluding carboxylic acids is 3. The van der Waals surface area contributed by atoms with Crippen LogP contribution in [0.4, 0.5) is 0 Å². The van der Waals surface area contributed by atoms with Crippen molar-refractivity contribution in [3.05, 3.63) is 12.2 Å². The van der Waals surface area contributed by atoms with Gasteiger partial charge in [0.05, 0.1) is 12.2 Å². The molecule has 2 aliphatic rings. The molecule has 2 heterocycles. The van der Waals surface area contributed by atoms with E-state index in [1.165, 1.54) is 0 Å². The molecule has 0 aromatic carbocycles. The van der Waals surface area contributed by atoms with Gasteiger partial charge in [0, 0.05) is 23.8 Å². The third-order valence-electron chi connectivity index (χ3n) is 7.88. The Balaban J connectivity index is 2.40. The van der Waals surface area contributed by atoms with Crippen LogP contribution in [-0.4, -0.2) is 78.4 Å². The van der Waals surface area contributed by atoms with Crippen LogP contribution < -0.4 is 0 Å². The molecular formula is C28H47NO7. The summed E-state index contributed by atoms with van der Waals surface area (Å²) in [5.74, 6) is -3.16. The zero-order valence-corrected chi connectivity index (χ0v) is 23.5. The maximum absolute atomic E-state index is 13.5. The summed E-state index contributed by atoms with van der Waals surface area (Å²) in [7, 11) is 3.80. The largest absolute Gasteiger partial charge is 0.461 e. The second-order valence-electron chi connectivity index (χ2n) is 11.2. The molecule has 0 aliphatic carbocycles. The van der Waals surface area contributed by atoms with Gasteiger partial charge in [0.25, 0.3) is 0 Å². The van der Waals surface area contributed by atoms with Gasteiger partial charge in [-0.05, 0) is 59.2 Å². The van der Waals surface area contributed by atoms with E-state index in [1.807, 2.05) is 53.6 Å². The van der Waals surface area contributed by atoms with E-state index >= 15 is 0 Å². The van der Waals surface area contributed by atoms with Crippen molar-refractivity contribution < 1.29 is 33.7 Å². The molecule has 1 N–H and O–H groups in total. The molecule has 2 aliphatic heterocycles. The summed E-state index contributed by atoms with van der Waals surface area (Å²) in [5, 5.41) is 11.0. The van der Waals surface area contributed by atoms with E-state index in [4.69, 9.17) is 14.2 Å². The number of nitrogens with zero attached hydrogens (tertiary/aromatic N) is 1. The quantitative estimate of drug-likeness (QED) is 0.454. The summed E-state index contributed by atoms with van der Waals surface area (Å²) in [5.41, 5.74) is 0. The van der Waals surface area contributed by atoms with E-state index in [0.717, 1.165) is 0 Å². The summed E-state index contributed by atoms with van der Waals surface area (Å²) in [6.07, 6.45) is 2.02. The molecule has 8 nitrogen and oxygen atoms in total. The summed E-state index contributed by atoms with van der Waals surface area (Å²) >= 11 is 0. The number of aliphatic hydroxyl groups excluding tert-OH is 1. The SMILES string of the molecule is CCC1OC(=O)C(C)C(=O)C(C)C(O[C@@H]2O[C@H](C)C[C@H](N(C)C)[C@H]2O)C(C)CC(C)C(=O)/C=C/C1C. The Labute approximate surface area is 216 Å². The molecule has 2 rings (SSSR count). The Morgan fingerprint density at radius 1 is 1.06 bits per heavy atom. The standard InChI is InChI=1S/C28H47NO7/c1-10-23-15(2)11-12-22(30)16(3)13-17(4)26(19(6)24(31)20(7)27(33)35-23)36-28-25(32)21(29(8)9)14-18(5)34-28/h11-12,15-21,23,25-26,28,32H,10,13-14H2,1-9H3/b12-11+/t15?,16?,17?,18-,19?,20?,21+,23?,25-,26?,28+/m1/s1. The lowest BCUT2D eigenvalue weighted by molar-refractivity contribution is -0.278. The number of cyclic esters (lactones) is 1. The van der Waals surface area contributed by atoms with Crippen LogP contribution in [0.1, 0.15) is 67.7 Å². The molecule has 0 amide bonds. The molecule has 0 spiro atoms. The van der Waals surface area contributed by atoms with Crippen LogP contribution >= 0.6 is 0 Å². The van der Waals surface area contributed by atoms with Gasteiger partial charge in [0.2, 0.25) is 0 Å². The minimum Gasteiger partial charge on any atom is -0.461 e. The normalized spacial score (nSPS) is 42.6. The highest BCUT2D eigenvalue weighted by Crippen LogP contribution is 2.32. The van der Waals surface area contributed by atoms with Crippen molar-refractivity contribution in [1.29, 1.82) is 0 Å². The van der Waals surface area contributed by atoms with Crippen LogP contribution in [-0.2, 0) is 28.6 Å². The van der Waals surface area contributed by atoms with Crippen molar-refractivity contribution >= 4 is 17.5 Å². The lowest BCUT2D eigenvalue weighted by Crippen LogP contribution is -2.56. The van der Waals surface area contributed by atoms with E-state index in [0.29, 0.717) is 19.3 Å². The zero-order chi connectivity index (χ0) is 27.3. The van der Waals surface area contributed by atoms with Crippen molar-refractivity contribution in [2.45, 2.75) is 104 Å². The van der Waals surface area contributed by atoms with E-state index in [9.17, 15) is 19.5 Å². The van der Waals surface area contributed by atoms with Crippen LogP contribution in [0.5, 0.6) is 0 Å². The van der Waals surface area contributed by atoms with Gasteiger partial charge in [0.15, 0.2) is 17.9 Å². The second kappa shape index (κ2) is 13.3. The van der Waals surface area contributed by atoms with Crippen LogP contribution in [0.15, 0.2) is 12.2 Å². The molecule has 0 saturated carbocycles. The van der Waals surface area contributed by atoms with Crippen LogP contribution in [0, 0.1) is 29.6 Å². The molecule has 36 heavy (non-hydrogen) atoms. The van der Waals surface area contributed by atoms with Gasteiger partial charge >= 0.3 is 5.97 Å². The first-order valence-corrected chi connectivity index (χ1v) is 13.4. The van der Waals surface area contributed by atoms with Gasteiger partial charge in [-0.1, -0.05) is 40.7 Å². The summed E-state index contributed by atoms with van der Waals surface area (Å²) in [6.45, 7) is 12.9. The highest BCUT2D eigenvalue weighted by atomic mass is 16.7. The Bertz CT molecular complexity index is 797. The lowest BCUT2D eigenvalue weighted by atomic mass is 9.80. The topological polar surface area (TPSA) is 102 Å². The Hall–Kier alpha value is -1.61. The van der Waals surface area contributed by atoms with Gasteiger partial charge < -0.3 is 24.2 Å². The van der Waals surface area contributed by atoms with Gasteiger partial charge in [-0.15, -0.1) is 0 Å². The highest BCUT2D eigenvalue weighted by molar-refractivity contribution is 6.00. The maximum Gasteiger partial charge on any atom is 0.316 e. The first-order chi connectivity index (χ1) is 16.8. The fourth-order valence-corrected chi connectivity index (χ4v) is 5.38. The number of likely N-dealkylation sites (N-methyl/N-ethyl adjacent to an activating group) is 1. The monoisotopic (exact) mass is 509 g/mol. The lowest BCUT2D eigenvalue weighted by Gasteiger charge is -2.43. The average Bonchev–Trinajstić information content (AvgIpc) is 2.83. The minimum atomic E-state index is -0.962. The molecule has 1 saturated heterocycles. The van der Waals surface area contributed by atoms with Crippen molar-refractivity contribution in [3.8, 4) is 0 Å². The molecule has 0 bridgehead atoms. The van der Waals surface area contributed by atoms with Crippen LogP contribution in [0.2, 0.25) is 0 Å². The third-order valence-corrected chi connectivity index (χ3v) is 7.88. The predicted octanol–water partition coefficient (Wildman–Crippen LogP) is 3.40. The number of rotatable bonds is 4. The summed E-state index contributed by atoms with van der Waals surface area (Å²) in [6, 6.07) is -0.161. The van der Waals surface area contributed by atoms with Crippen LogP contribution in [0.3, 0.4) is 0 Å². The van der Waals surface area contributed by atoms with Gasteiger partial charge in [0.1, 0.15) is 18.1 Å². The number of ether oxygens (including phenoxy) is 3. The molecule has 206 valence electrons. The smallest absolute Gasteiger partial charge is 0.316 e. The Morgan fingerprint density at radius 2 is 1.69 bits per heavy atom. The fourth-order valence-electron chi connectivity index (χ4n) is 5.38. The van der Waals surface area contributed by atoms with Gasteiger partial charge in [-0.2, -0.15) is 0 Å². The van der Waals surface area contributed by atoms with Crippen molar-refractivity contribution in [1.82, 2.24) is 4.90 Å². The van der Waals surface area contributed by atoms with Crippen LogP contribution in [0.25, 0.3) is 0 Å². The molecule has 7 unspecified atom stereocenters. The number of ketones is 2. The van der Waals surface area contributed by atoms with E-state index in [1.54, 1.807) is 26.0 Å². The number of esters is 1. The summed E-state index contributed by atoms with van der Waals surface area (Å²) < 4.78 is 18.1. The Kier molecular flexibility index (Phi) is 11.3. The van der Waals surface area contributed by atoms with Crippen molar-refractivity contribution in [2.24, 2.45) is 29.6 Å². The predicted molar refractivity (Wildman–Crippen MR) is 137 cm³/mol. The molecule has 0 aromatic rings. The van der Waals surface area contributed by atoms with E-state index in [-0.39, 0.29) is 41.5 Å². The molecule has 0 radical (unpaired) electrons. The number of hydrogen-bond donors (Lipinski definition) is 1. The molecule has 1 fully saturated rings. The van der Waals surface area contributed by atoms with Gasteiger partial charge in [-0.25, -0.2) is 0 Å². The van der Waals surface area contributed by atoms with Crippen molar-refractivity contribution in [3.63, 3.8) is 0 Å². The first kappa shape index (κ1) is 30.6. The summed E-state index contributed by atoms with van der Waals surface area (Å²) in [4.78, 5) is 41.2. The molecule has 11 atom stereocenters. The number of aliphatic hydroxyl groups is 1. The van der Waals surface area contributed by atoms with Crippen molar-refractivity contribution in [2.75, 3.05) is 14.1 Å². The second-order valence-corrected chi connectivity index (χ2v) is 11.2. The molecular weight excluding hydrogens is 462 g/mol. The van der Waals surface area contributed by atoms with Gasteiger partial charge in [-0.3, -0.25) is 14.4 Å². The minimum absolute atomic E-state index is 0.0201. The maximum atomic E-state index is 13.5.